The molecule has 21 heavy (non-hydrogen) atoms. The van der Waals surface area contributed by atoms with Crippen molar-refractivity contribution in [2.75, 3.05) is 13.1 Å². The van der Waals surface area contributed by atoms with Crippen LogP contribution in [0.3, 0.4) is 0 Å². The van der Waals surface area contributed by atoms with Gasteiger partial charge in [0.1, 0.15) is 0 Å². The van der Waals surface area contributed by atoms with Crippen molar-refractivity contribution in [1.82, 2.24) is 10.2 Å². The molecule has 0 saturated heterocycles. The van der Waals surface area contributed by atoms with Crippen molar-refractivity contribution in [1.29, 1.82) is 0 Å². The lowest BCUT2D eigenvalue weighted by Gasteiger charge is -2.25. The number of hydrogen-bond acceptors (Lipinski definition) is 2. The van der Waals surface area contributed by atoms with E-state index in [-0.39, 0.29) is 19.0 Å². The number of carboxylic acids is 1. The molecule has 0 bridgehead atoms. The summed E-state index contributed by atoms with van der Waals surface area (Å²) >= 11 is 3.48. The molecule has 0 radical (unpaired) electrons. The summed E-state index contributed by atoms with van der Waals surface area (Å²) in [4.78, 5) is 24.4. The van der Waals surface area contributed by atoms with E-state index in [1.54, 1.807) is 4.90 Å². The molecule has 0 aliphatic heterocycles. The zero-order chi connectivity index (χ0) is 15.8. The topological polar surface area (TPSA) is 69.6 Å². The van der Waals surface area contributed by atoms with Crippen molar-refractivity contribution < 1.29 is 14.7 Å². The number of nitrogens with one attached hydrogen (secondary N) is 1. The summed E-state index contributed by atoms with van der Waals surface area (Å²) in [5.41, 5.74) is 1.02. The summed E-state index contributed by atoms with van der Waals surface area (Å²) in [6.45, 7) is 5.31. The molecule has 1 aromatic rings. The molecule has 6 heteroatoms. The Balaban J connectivity index is 2.69. The Bertz CT molecular complexity index is 492. The van der Waals surface area contributed by atoms with Gasteiger partial charge in [-0.25, -0.2) is 4.79 Å². The average Bonchev–Trinajstić information content (AvgIpc) is 2.39. The normalized spacial score (nSPS) is 10.5. The van der Waals surface area contributed by atoms with E-state index in [9.17, 15) is 9.59 Å². The lowest BCUT2D eigenvalue weighted by atomic mass is 10.1. The Morgan fingerprint density at radius 2 is 2.00 bits per heavy atom. The highest BCUT2D eigenvalue weighted by Crippen LogP contribution is 2.18. The Kier molecular flexibility index (Phi) is 7.22. The van der Waals surface area contributed by atoms with Crippen LogP contribution < -0.4 is 5.32 Å². The predicted octanol–water partition coefficient (Wildman–Crippen LogP) is 3.09. The lowest BCUT2D eigenvalue weighted by Crippen LogP contribution is -2.42. The van der Waals surface area contributed by atoms with Gasteiger partial charge in [-0.3, -0.25) is 4.79 Å². The third-order valence-electron chi connectivity index (χ3n) is 2.81. The summed E-state index contributed by atoms with van der Waals surface area (Å²) in [6.07, 6.45) is -0.0731. The standard InChI is InChI=1S/C15H21BrN2O3/c1-11(2)9-18(15(21)17-8-7-14(19)20)10-12-5-3-4-6-13(12)16/h3-6,11H,7-10H2,1-2H3,(H,17,21)(H,19,20). The molecule has 0 fully saturated rings. The second kappa shape index (κ2) is 8.67. The van der Waals surface area contributed by atoms with E-state index in [1.807, 2.05) is 38.1 Å². The quantitative estimate of drug-likeness (QED) is 0.788. The van der Waals surface area contributed by atoms with Crippen LogP contribution >= 0.6 is 15.9 Å². The molecule has 0 atom stereocenters. The minimum absolute atomic E-state index is 0.0731. The van der Waals surface area contributed by atoms with E-state index < -0.39 is 5.97 Å². The van der Waals surface area contributed by atoms with Crippen LogP contribution in [0.2, 0.25) is 0 Å². The highest BCUT2D eigenvalue weighted by Gasteiger charge is 2.16. The Labute approximate surface area is 133 Å². The first-order valence-corrected chi connectivity index (χ1v) is 7.67. The van der Waals surface area contributed by atoms with E-state index in [0.29, 0.717) is 19.0 Å². The maximum atomic E-state index is 12.2. The summed E-state index contributed by atoms with van der Waals surface area (Å²) in [5.74, 6) is -0.589. The second-order valence-corrected chi connectivity index (χ2v) is 6.10. The van der Waals surface area contributed by atoms with Crippen LogP contribution in [-0.4, -0.2) is 35.1 Å². The van der Waals surface area contributed by atoms with Crippen molar-refractivity contribution in [2.24, 2.45) is 5.92 Å². The fraction of sp³-hybridized carbons (Fsp3) is 0.467. The molecule has 0 aliphatic rings. The molecule has 0 aliphatic carbocycles. The molecule has 0 heterocycles. The number of rotatable bonds is 7. The van der Waals surface area contributed by atoms with Crippen LogP contribution in [0.4, 0.5) is 4.79 Å². The second-order valence-electron chi connectivity index (χ2n) is 5.24. The van der Waals surface area contributed by atoms with Gasteiger partial charge in [-0.1, -0.05) is 48.0 Å². The molecule has 0 aromatic heterocycles. The van der Waals surface area contributed by atoms with E-state index >= 15 is 0 Å². The number of urea groups is 1. The molecular formula is C15H21BrN2O3. The van der Waals surface area contributed by atoms with E-state index in [4.69, 9.17) is 5.11 Å². The van der Waals surface area contributed by atoms with Crippen LogP contribution in [0, 0.1) is 5.92 Å². The van der Waals surface area contributed by atoms with Crippen LogP contribution in [-0.2, 0) is 11.3 Å². The van der Waals surface area contributed by atoms with Crippen molar-refractivity contribution in [3.63, 3.8) is 0 Å². The molecule has 116 valence electrons. The van der Waals surface area contributed by atoms with E-state index in [2.05, 4.69) is 21.2 Å². The highest BCUT2D eigenvalue weighted by atomic mass is 79.9. The van der Waals surface area contributed by atoms with Crippen LogP contribution in [0.5, 0.6) is 0 Å². The Morgan fingerprint density at radius 3 is 2.57 bits per heavy atom. The van der Waals surface area contributed by atoms with E-state index in [0.717, 1.165) is 10.0 Å². The van der Waals surface area contributed by atoms with Gasteiger partial charge >= 0.3 is 12.0 Å². The zero-order valence-electron chi connectivity index (χ0n) is 12.3. The maximum absolute atomic E-state index is 12.2. The number of benzene rings is 1. The van der Waals surface area contributed by atoms with Gasteiger partial charge in [0.25, 0.3) is 0 Å². The fourth-order valence-corrected chi connectivity index (χ4v) is 2.29. The van der Waals surface area contributed by atoms with Gasteiger partial charge in [0.05, 0.1) is 6.42 Å². The summed E-state index contributed by atoms with van der Waals surface area (Å²) in [5, 5.41) is 11.3. The van der Waals surface area contributed by atoms with Gasteiger partial charge in [0.2, 0.25) is 0 Å². The van der Waals surface area contributed by atoms with Crippen molar-refractivity contribution >= 4 is 27.9 Å². The first kappa shape index (κ1) is 17.5. The van der Waals surface area contributed by atoms with Crippen LogP contribution in [0.1, 0.15) is 25.8 Å². The first-order chi connectivity index (χ1) is 9.90. The molecule has 0 unspecified atom stereocenters. The molecule has 2 amide bonds. The minimum atomic E-state index is -0.920. The molecule has 1 aromatic carbocycles. The third-order valence-corrected chi connectivity index (χ3v) is 3.58. The number of halogens is 1. The molecule has 0 spiro atoms. The number of nitrogens with zero attached hydrogens (tertiary/aromatic N) is 1. The smallest absolute Gasteiger partial charge is 0.317 e. The number of carbonyl (C=O) groups is 2. The first-order valence-electron chi connectivity index (χ1n) is 6.88. The number of carbonyl (C=O) groups excluding carboxylic acids is 1. The summed E-state index contributed by atoms with van der Waals surface area (Å²) < 4.78 is 0.956. The number of aliphatic carboxylic acids is 1. The summed E-state index contributed by atoms with van der Waals surface area (Å²) in [7, 11) is 0. The lowest BCUT2D eigenvalue weighted by molar-refractivity contribution is -0.136. The fourth-order valence-electron chi connectivity index (χ4n) is 1.88. The molecular weight excluding hydrogens is 336 g/mol. The largest absolute Gasteiger partial charge is 0.481 e. The summed E-state index contributed by atoms with van der Waals surface area (Å²) in [6, 6.07) is 7.51. The maximum Gasteiger partial charge on any atom is 0.317 e. The van der Waals surface area contributed by atoms with Gasteiger partial charge in [0, 0.05) is 24.1 Å². The number of hydrogen-bond donors (Lipinski definition) is 2. The minimum Gasteiger partial charge on any atom is -0.481 e. The van der Waals surface area contributed by atoms with Gasteiger partial charge in [0.15, 0.2) is 0 Å². The molecule has 5 nitrogen and oxygen atoms in total. The van der Waals surface area contributed by atoms with Crippen molar-refractivity contribution in [3.05, 3.63) is 34.3 Å². The molecule has 0 saturated carbocycles. The Morgan fingerprint density at radius 1 is 1.33 bits per heavy atom. The molecule has 2 N–H and O–H groups in total. The van der Waals surface area contributed by atoms with E-state index in [1.165, 1.54) is 0 Å². The highest BCUT2D eigenvalue weighted by molar-refractivity contribution is 9.10. The van der Waals surface area contributed by atoms with Gasteiger partial charge in [-0.2, -0.15) is 0 Å². The van der Waals surface area contributed by atoms with Gasteiger partial charge in [-0.15, -0.1) is 0 Å². The van der Waals surface area contributed by atoms with Crippen molar-refractivity contribution in [3.8, 4) is 0 Å². The zero-order valence-corrected chi connectivity index (χ0v) is 13.9. The third kappa shape index (κ3) is 6.62. The SMILES string of the molecule is CC(C)CN(Cc1ccccc1Br)C(=O)NCCC(=O)O. The van der Waals surface area contributed by atoms with Crippen LogP contribution in [0.25, 0.3) is 0 Å². The van der Waals surface area contributed by atoms with Gasteiger partial charge < -0.3 is 15.3 Å². The average molecular weight is 357 g/mol. The van der Waals surface area contributed by atoms with Crippen LogP contribution in [0.15, 0.2) is 28.7 Å². The predicted molar refractivity (Wildman–Crippen MR) is 85.0 cm³/mol. The van der Waals surface area contributed by atoms with Gasteiger partial charge in [-0.05, 0) is 17.5 Å². The number of carboxylic acid groups (broad SMARTS) is 1. The van der Waals surface area contributed by atoms with Crippen molar-refractivity contribution in [2.45, 2.75) is 26.8 Å². The monoisotopic (exact) mass is 356 g/mol. The molecule has 1 rings (SSSR count). The number of amides is 2. The Hall–Kier alpha value is -1.56.